The van der Waals surface area contributed by atoms with Crippen LogP contribution in [0.25, 0.3) is 0 Å². The topological polar surface area (TPSA) is 80.8 Å². The maximum Gasteiger partial charge on any atom is 0.343 e. The zero-order valence-electron chi connectivity index (χ0n) is 19.5. The van der Waals surface area contributed by atoms with Gasteiger partial charge in [-0.2, -0.15) is 4.31 Å². The molecule has 6 nitrogen and oxygen atoms in total. The van der Waals surface area contributed by atoms with Crippen LogP contribution in [0.15, 0.2) is 106 Å². The molecule has 0 aliphatic heterocycles. The SMILES string of the molecule is Cc1ccc(C(=O)Oc2ccc(N(C(=O)c3ccc(C)cc3)S(=O)(=O)c3ccc(Br)cc3)cc2)cc1. The fraction of sp³-hybridized carbons (Fsp3) is 0.0714. The first-order valence-electron chi connectivity index (χ1n) is 11.0. The molecule has 0 atom stereocenters. The first kappa shape index (κ1) is 25.3. The van der Waals surface area contributed by atoms with E-state index in [1.165, 1.54) is 36.4 Å². The number of nitrogens with zero attached hydrogens (tertiary/aromatic N) is 1. The van der Waals surface area contributed by atoms with Gasteiger partial charge in [0.15, 0.2) is 0 Å². The smallest absolute Gasteiger partial charge is 0.343 e. The van der Waals surface area contributed by atoms with Gasteiger partial charge < -0.3 is 4.74 Å². The normalized spacial score (nSPS) is 11.1. The van der Waals surface area contributed by atoms with Crippen molar-refractivity contribution in [3.8, 4) is 5.75 Å². The van der Waals surface area contributed by atoms with Gasteiger partial charge in [-0.25, -0.2) is 13.2 Å². The number of sulfonamides is 1. The number of rotatable bonds is 6. The molecule has 1 amide bonds. The quantitative estimate of drug-likeness (QED) is 0.202. The minimum Gasteiger partial charge on any atom is -0.423 e. The second kappa shape index (κ2) is 10.5. The highest BCUT2D eigenvalue weighted by molar-refractivity contribution is 9.10. The molecular weight excluding hydrogens is 542 g/mol. The van der Waals surface area contributed by atoms with Gasteiger partial charge in [0, 0.05) is 10.0 Å². The largest absolute Gasteiger partial charge is 0.423 e. The fourth-order valence-electron chi connectivity index (χ4n) is 3.40. The Bertz CT molecular complexity index is 1500. The van der Waals surface area contributed by atoms with Crippen LogP contribution >= 0.6 is 15.9 Å². The monoisotopic (exact) mass is 563 g/mol. The number of halogens is 1. The maximum atomic E-state index is 13.6. The van der Waals surface area contributed by atoms with Crippen molar-refractivity contribution in [2.75, 3.05) is 4.31 Å². The Morgan fingerprint density at radius 3 is 1.72 bits per heavy atom. The second-order valence-electron chi connectivity index (χ2n) is 8.14. The molecule has 36 heavy (non-hydrogen) atoms. The van der Waals surface area contributed by atoms with Crippen molar-refractivity contribution in [3.63, 3.8) is 0 Å². The lowest BCUT2D eigenvalue weighted by Gasteiger charge is -2.23. The van der Waals surface area contributed by atoms with Crippen LogP contribution in [0.4, 0.5) is 5.69 Å². The van der Waals surface area contributed by atoms with Crippen LogP contribution in [-0.2, 0) is 10.0 Å². The summed E-state index contributed by atoms with van der Waals surface area (Å²) in [6.45, 7) is 3.79. The Labute approximate surface area is 218 Å². The molecule has 0 spiro atoms. The molecule has 8 heteroatoms. The molecule has 0 radical (unpaired) electrons. The Kier molecular flexibility index (Phi) is 7.37. The predicted octanol–water partition coefficient (Wildman–Crippen LogP) is 6.32. The standard InChI is InChI=1S/C28H22BrNO5S/c1-19-3-7-21(8-4-19)27(31)30(36(33,34)26-17-11-23(29)12-18-26)24-13-15-25(16-14-24)35-28(32)22-9-5-20(2)6-10-22/h3-18H,1-2H3. The summed E-state index contributed by atoms with van der Waals surface area (Å²) >= 11 is 3.30. The van der Waals surface area contributed by atoms with Gasteiger partial charge in [-0.3, -0.25) is 4.79 Å². The average molecular weight is 564 g/mol. The van der Waals surface area contributed by atoms with Gasteiger partial charge in [-0.15, -0.1) is 0 Å². The van der Waals surface area contributed by atoms with Gasteiger partial charge in [0.25, 0.3) is 15.9 Å². The summed E-state index contributed by atoms with van der Waals surface area (Å²) in [5.74, 6) is -1.03. The van der Waals surface area contributed by atoms with Crippen LogP contribution in [0.2, 0.25) is 0 Å². The van der Waals surface area contributed by atoms with E-state index in [0.717, 1.165) is 15.4 Å². The van der Waals surface area contributed by atoms with Crippen molar-refractivity contribution in [2.24, 2.45) is 0 Å². The molecule has 182 valence electrons. The highest BCUT2D eigenvalue weighted by Crippen LogP contribution is 2.29. The second-order valence-corrected chi connectivity index (χ2v) is 10.8. The zero-order valence-corrected chi connectivity index (χ0v) is 21.9. The molecule has 0 N–H and O–H groups in total. The van der Waals surface area contributed by atoms with E-state index in [9.17, 15) is 18.0 Å². The van der Waals surface area contributed by atoms with E-state index < -0.39 is 21.9 Å². The Morgan fingerprint density at radius 1 is 0.694 bits per heavy atom. The van der Waals surface area contributed by atoms with Crippen LogP contribution < -0.4 is 9.04 Å². The molecule has 0 aromatic heterocycles. The molecular formula is C28H22BrNO5S. The lowest BCUT2D eigenvalue weighted by molar-refractivity contribution is 0.0734. The molecule has 0 saturated carbocycles. The van der Waals surface area contributed by atoms with E-state index in [-0.39, 0.29) is 21.9 Å². The number of carbonyl (C=O) groups excluding carboxylic acids is 2. The molecule has 0 unspecified atom stereocenters. The molecule has 0 bridgehead atoms. The van der Waals surface area contributed by atoms with E-state index in [1.54, 1.807) is 60.7 Å². The highest BCUT2D eigenvalue weighted by atomic mass is 79.9. The minimum absolute atomic E-state index is 0.0407. The van der Waals surface area contributed by atoms with Crippen molar-refractivity contribution in [1.82, 2.24) is 0 Å². The first-order chi connectivity index (χ1) is 17.1. The third-order valence-corrected chi connectivity index (χ3v) is 7.66. The molecule has 0 aliphatic rings. The number of carbonyl (C=O) groups is 2. The number of benzene rings is 4. The van der Waals surface area contributed by atoms with Gasteiger partial charge in [0.2, 0.25) is 0 Å². The van der Waals surface area contributed by atoms with Crippen LogP contribution in [0.3, 0.4) is 0 Å². The number of hydrogen-bond donors (Lipinski definition) is 0. The Balaban J connectivity index is 1.69. The third-order valence-electron chi connectivity index (χ3n) is 5.40. The predicted molar refractivity (Wildman–Crippen MR) is 142 cm³/mol. The summed E-state index contributed by atoms with van der Waals surface area (Å²) in [4.78, 5) is 25.9. The molecule has 4 aromatic rings. The van der Waals surface area contributed by atoms with Crippen molar-refractivity contribution in [2.45, 2.75) is 18.7 Å². The number of amides is 1. The zero-order chi connectivity index (χ0) is 25.9. The third kappa shape index (κ3) is 5.56. The highest BCUT2D eigenvalue weighted by Gasteiger charge is 2.32. The Morgan fingerprint density at radius 2 is 1.19 bits per heavy atom. The molecule has 0 aliphatic carbocycles. The van der Waals surface area contributed by atoms with Crippen LogP contribution in [0, 0.1) is 13.8 Å². The summed E-state index contributed by atoms with van der Waals surface area (Å²) in [5, 5.41) is 0. The lowest BCUT2D eigenvalue weighted by Crippen LogP contribution is -2.37. The van der Waals surface area contributed by atoms with E-state index in [2.05, 4.69) is 15.9 Å². The van der Waals surface area contributed by atoms with Gasteiger partial charge in [-0.05, 0) is 86.6 Å². The van der Waals surface area contributed by atoms with E-state index in [4.69, 9.17) is 4.74 Å². The summed E-state index contributed by atoms with van der Waals surface area (Å²) in [6.07, 6.45) is 0. The summed E-state index contributed by atoms with van der Waals surface area (Å²) in [6, 6.07) is 25.4. The van der Waals surface area contributed by atoms with E-state index in [0.29, 0.717) is 10.0 Å². The van der Waals surface area contributed by atoms with E-state index >= 15 is 0 Å². The van der Waals surface area contributed by atoms with Crippen molar-refractivity contribution in [3.05, 3.63) is 124 Å². The number of anilines is 1. The van der Waals surface area contributed by atoms with Crippen LogP contribution in [-0.4, -0.2) is 20.3 Å². The molecule has 0 fully saturated rings. The maximum absolute atomic E-state index is 13.6. The van der Waals surface area contributed by atoms with Gasteiger partial charge in [-0.1, -0.05) is 51.3 Å². The van der Waals surface area contributed by atoms with Gasteiger partial charge in [0.05, 0.1) is 16.1 Å². The van der Waals surface area contributed by atoms with E-state index in [1.807, 2.05) is 13.8 Å². The molecule has 4 aromatic carbocycles. The van der Waals surface area contributed by atoms with Crippen molar-refractivity contribution in [1.29, 1.82) is 0 Å². The first-order valence-corrected chi connectivity index (χ1v) is 13.2. The van der Waals surface area contributed by atoms with Crippen LogP contribution in [0.1, 0.15) is 31.8 Å². The molecule has 4 rings (SSSR count). The lowest BCUT2D eigenvalue weighted by atomic mass is 10.1. The fourth-order valence-corrected chi connectivity index (χ4v) is 5.07. The minimum atomic E-state index is -4.26. The Hall–Kier alpha value is -3.75. The number of aryl methyl sites for hydroxylation is 2. The van der Waals surface area contributed by atoms with Crippen molar-refractivity contribution >= 4 is 43.5 Å². The summed E-state index contributed by atoms with van der Waals surface area (Å²) in [5.41, 5.74) is 2.67. The van der Waals surface area contributed by atoms with Gasteiger partial charge in [0.1, 0.15) is 5.75 Å². The molecule has 0 saturated heterocycles. The number of ether oxygens (including phenoxy) is 1. The summed E-state index contributed by atoms with van der Waals surface area (Å²) in [7, 11) is -4.26. The number of esters is 1. The van der Waals surface area contributed by atoms with Gasteiger partial charge >= 0.3 is 5.97 Å². The molecule has 0 heterocycles. The van der Waals surface area contributed by atoms with Crippen LogP contribution in [0.5, 0.6) is 5.75 Å². The summed E-state index contributed by atoms with van der Waals surface area (Å²) < 4.78 is 34.1. The average Bonchev–Trinajstić information content (AvgIpc) is 2.86. The number of hydrogen-bond acceptors (Lipinski definition) is 5. The van der Waals surface area contributed by atoms with Crippen molar-refractivity contribution < 1.29 is 22.7 Å².